The molecule has 2 rings (SSSR count). The molecular weight excluding hydrogens is 270 g/mol. The predicted molar refractivity (Wildman–Crippen MR) is 68.9 cm³/mol. The van der Waals surface area contributed by atoms with Crippen molar-refractivity contribution in [1.82, 2.24) is 10.2 Å². The van der Waals surface area contributed by atoms with E-state index in [9.17, 15) is 18.0 Å². The second kappa shape index (κ2) is 5.46. The molecule has 0 aromatic heterocycles. The van der Waals surface area contributed by atoms with Gasteiger partial charge in [0.1, 0.15) is 0 Å². The zero-order chi connectivity index (χ0) is 14.0. The molecule has 2 unspecified atom stereocenters. The van der Waals surface area contributed by atoms with E-state index in [-0.39, 0.29) is 41.7 Å². The molecule has 0 saturated carbocycles. The first-order valence-corrected chi connectivity index (χ1v) is 8.20. The van der Waals surface area contributed by atoms with Crippen molar-refractivity contribution in [2.45, 2.75) is 18.9 Å². The van der Waals surface area contributed by atoms with Crippen LogP contribution in [0.4, 0.5) is 0 Å². The van der Waals surface area contributed by atoms with E-state index >= 15 is 0 Å². The number of nitrogens with zero attached hydrogens (tertiary/aromatic N) is 1. The van der Waals surface area contributed by atoms with Crippen molar-refractivity contribution in [2.75, 3.05) is 31.1 Å². The largest absolute Gasteiger partial charge is 0.369 e. The van der Waals surface area contributed by atoms with Gasteiger partial charge in [0.15, 0.2) is 9.84 Å². The fourth-order valence-corrected chi connectivity index (χ4v) is 4.00. The number of sulfone groups is 1. The molecular formula is C11H19N3O4S. The summed E-state index contributed by atoms with van der Waals surface area (Å²) in [7, 11) is -3.03. The van der Waals surface area contributed by atoms with Gasteiger partial charge in [0.05, 0.1) is 17.4 Å². The average molecular weight is 289 g/mol. The minimum Gasteiger partial charge on any atom is -0.369 e. The first-order chi connectivity index (χ1) is 8.87. The summed E-state index contributed by atoms with van der Waals surface area (Å²) in [6.07, 6.45) is 0.752. The van der Waals surface area contributed by atoms with Gasteiger partial charge in [-0.25, -0.2) is 8.42 Å². The second-order valence-corrected chi connectivity index (χ2v) is 7.43. The second-order valence-electron chi connectivity index (χ2n) is 5.20. The first-order valence-electron chi connectivity index (χ1n) is 6.38. The van der Waals surface area contributed by atoms with Gasteiger partial charge in [0, 0.05) is 32.1 Å². The molecule has 19 heavy (non-hydrogen) atoms. The fourth-order valence-electron chi connectivity index (χ4n) is 2.56. The van der Waals surface area contributed by atoms with Crippen molar-refractivity contribution < 1.29 is 18.0 Å². The van der Waals surface area contributed by atoms with Crippen molar-refractivity contribution >= 4 is 21.7 Å². The van der Waals surface area contributed by atoms with Gasteiger partial charge in [-0.3, -0.25) is 9.59 Å². The van der Waals surface area contributed by atoms with Crippen LogP contribution in [0.1, 0.15) is 12.8 Å². The maximum Gasteiger partial charge on any atom is 0.224 e. The van der Waals surface area contributed by atoms with Crippen molar-refractivity contribution in [1.29, 1.82) is 0 Å². The SMILES string of the molecule is NC(=O)C1CCN(C(=O)CC2CS(=O)(=O)CCN2)C1. The van der Waals surface area contributed by atoms with Gasteiger partial charge < -0.3 is 16.0 Å². The number of nitrogens with two attached hydrogens (primary N) is 1. The van der Waals surface area contributed by atoms with E-state index < -0.39 is 9.84 Å². The molecule has 7 nitrogen and oxygen atoms in total. The molecule has 3 N–H and O–H groups in total. The highest BCUT2D eigenvalue weighted by Crippen LogP contribution is 2.17. The van der Waals surface area contributed by atoms with Crippen LogP contribution >= 0.6 is 0 Å². The summed E-state index contributed by atoms with van der Waals surface area (Å²) in [5.41, 5.74) is 5.21. The molecule has 0 aromatic rings. The van der Waals surface area contributed by atoms with Crippen LogP contribution < -0.4 is 11.1 Å². The van der Waals surface area contributed by atoms with Gasteiger partial charge in [0.2, 0.25) is 11.8 Å². The van der Waals surface area contributed by atoms with E-state index in [0.717, 1.165) is 0 Å². The number of amides is 2. The van der Waals surface area contributed by atoms with E-state index in [1.807, 2.05) is 0 Å². The Kier molecular flexibility index (Phi) is 4.10. The van der Waals surface area contributed by atoms with Gasteiger partial charge in [-0.05, 0) is 6.42 Å². The summed E-state index contributed by atoms with van der Waals surface area (Å²) in [6.45, 7) is 1.27. The van der Waals surface area contributed by atoms with Gasteiger partial charge in [0.25, 0.3) is 0 Å². The number of primary amides is 1. The lowest BCUT2D eigenvalue weighted by Crippen LogP contribution is -2.47. The maximum absolute atomic E-state index is 12.0. The molecule has 2 saturated heterocycles. The van der Waals surface area contributed by atoms with Crippen molar-refractivity contribution in [3.63, 3.8) is 0 Å². The molecule has 0 bridgehead atoms. The zero-order valence-corrected chi connectivity index (χ0v) is 11.5. The molecule has 0 spiro atoms. The highest BCUT2D eigenvalue weighted by molar-refractivity contribution is 7.91. The third kappa shape index (κ3) is 3.66. The van der Waals surface area contributed by atoms with Crippen LogP contribution in [0.5, 0.6) is 0 Å². The molecule has 8 heteroatoms. The van der Waals surface area contributed by atoms with Gasteiger partial charge in [-0.2, -0.15) is 0 Å². The Labute approximate surface area is 112 Å². The number of rotatable bonds is 3. The topological polar surface area (TPSA) is 110 Å². The predicted octanol–water partition coefficient (Wildman–Crippen LogP) is -1.90. The molecule has 2 aliphatic rings. The van der Waals surface area contributed by atoms with Crippen molar-refractivity contribution in [2.24, 2.45) is 11.7 Å². The molecule has 2 fully saturated rings. The van der Waals surface area contributed by atoms with Crippen molar-refractivity contribution in [3.8, 4) is 0 Å². The third-order valence-electron chi connectivity index (χ3n) is 3.67. The normalized spacial score (nSPS) is 30.2. The van der Waals surface area contributed by atoms with Crippen LogP contribution in [0.3, 0.4) is 0 Å². The number of hydrogen-bond acceptors (Lipinski definition) is 5. The van der Waals surface area contributed by atoms with E-state index in [1.165, 1.54) is 0 Å². The van der Waals surface area contributed by atoms with E-state index in [0.29, 0.717) is 26.1 Å². The minimum absolute atomic E-state index is 0.00578. The number of nitrogens with one attached hydrogen (secondary N) is 1. The summed E-state index contributed by atoms with van der Waals surface area (Å²) in [4.78, 5) is 24.7. The molecule has 2 heterocycles. The maximum atomic E-state index is 12.0. The summed E-state index contributed by atoms with van der Waals surface area (Å²) in [5.74, 6) is -0.629. The summed E-state index contributed by atoms with van der Waals surface area (Å²) in [6, 6.07) is -0.320. The van der Waals surface area contributed by atoms with Crippen LogP contribution in [0, 0.1) is 5.92 Å². The van der Waals surface area contributed by atoms with Gasteiger partial charge in [-0.1, -0.05) is 0 Å². The van der Waals surface area contributed by atoms with Crippen LogP contribution in [0.25, 0.3) is 0 Å². The van der Waals surface area contributed by atoms with Crippen molar-refractivity contribution in [3.05, 3.63) is 0 Å². The molecule has 0 radical (unpaired) electrons. The number of hydrogen-bond donors (Lipinski definition) is 2. The molecule has 108 valence electrons. The van der Waals surface area contributed by atoms with E-state index in [1.54, 1.807) is 4.90 Å². The number of carbonyl (C=O) groups is 2. The molecule has 2 atom stereocenters. The Morgan fingerprint density at radius 2 is 2.11 bits per heavy atom. The standard InChI is InChI=1S/C11H19N3O4S/c12-11(16)8-1-3-14(6-8)10(15)5-9-7-19(17,18)4-2-13-9/h8-9,13H,1-7H2,(H2,12,16). The lowest BCUT2D eigenvalue weighted by atomic mass is 10.1. The minimum atomic E-state index is -3.03. The van der Waals surface area contributed by atoms with E-state index in [2.05, 4.69) is 5.32 Å². The number of carbonyl (C=O) groups excluding carboxylic acids is 2. The summed E-state index contributed by atoms with van der Waals surface area (Å²) >= 11 is 0. The Morgan fingerprint density at radius 3 is 2.68 bits per heavy atom. The monoisotopic (exact) mass is 289 g/mol. The third-order valence-corrected chi connectivity index (χ3v) is 5.40. The Hall–Kier alpha value is -1.15. The average Bonchev–Trinajstić information content (AvgIpc) is 2.76. The van der Waals surface area contributed by atoms with E-state index in [4.69, 9.17) is 5.73 Å². The smallest absolute Gasteiger partial charge is 0.224 e. The first kappa shape index (κ1) is 14.3. The number of likely N-dealkylation sites (tertiary alicyclic amines) is 1. The Bertz CT molecular complexity index is 476. The molecule has 2 aliphatic heterocycles. The lowest BCUT2D eigenvalue weighted by Gasteiger charge is -2.25. The van der Waals surface area contributed by atoms with Crippen LogP contribution in [0.2, 0.25) is 0 Å². The van der Waals surface area contributed by atoms with Gasteiger partial charge >= 0.3 is 0 Å². The van der Waals surface area contributed by atoms with Crippen LogP contribution in [-0.2, 0) is 19.4 Å². The lowest BCUT2D eigenvalue weighted by molar-refractivity contribution is -0.130. The highest BCUT2D eigenvalue weighted by atomic mass is 32.2. The Morgan fingerprint density at radius 1 is 1.37 bits per heavy atom. The quantitative estimate of drug-likeness (QED) is 0.630. The molecule has 0 aromatic carbocycles. The summed E-state index contributed by atoms with van der Waals surface area (Å²) < 4.78 is 23.0. The Balaban J connectivity index is 1.86. The summed E-state index contributed by atoms with van der Waals surface area (Å²) in [5, 5.41) is 3.04. The molecule has 2 amide bonds. The highest BCUT2D eigenvalue weighted by Gasteiger charge is 2.32. The fraction of sp³-hybridized carbons (Fsp3) is 0.818. The van der Waals surface area contributed by atoms with Gasteiger partial charge in [-0.15, -0.1) is 0 Å². The molecule has 0 aliphatic carbocycles. The zero-order valence-electron chi connectivity index (χ0n) is 10.7. The van der Waals surface area contributed by atoms with Crippen LogP contribution in [0.15, 0.2) is 0 Å². The van der Waals surface area contributed by atoms with Crippen LogP contribution in [-0.4, -0.2) is 62.3 Å².